The fourth-order valence-electron chi connectivity index (χ4n) is 4.30. The molecule has 1 aliphatic carbocycles. The highest BCUT2D eigenvalue weighted by Gasteiger charge is 2.58. The Labute approximate surface area is 174 Å². The van der Waals surface area contributed by atoms with Crippen LogP contribution in [0, 0.1) is 13.8 Å². The molecular weight excluding hydrogens is 382 g/mol. The largest absolute Gasteiger partial charge is 0.497 e. The fraction of sp³-hybridized carbons (Fsp3) is 0.409. The number of rotatable bonds is 6. The van der Waals surface area contributed by atoms with Gasteiger partial charge in [0.1, 0.15) is 11.5 Å². The van der Waals surface area contributed by atoms with Crippen LogP contribution in [0.2, 0.25) is 0 Å². The third-order valence-electron chi connectivity index (χ3n) is 6.07. The minimum Gasteiger partial charge on any atom is -0.497 e. The number of carbonyl (C=O) groups is 1. The molecule has 8 nitrogen and oxygen atoms in total. The normalized spacial score (nSPS) is 19.6. The summed E-state index contributed by atoms with van der Waals surface area (Å²) < 4.78 is 12.4. The van der Waals surface area contributed by atoms with Gasteiger partial charge < -0.3 is 9.26 Å². The predicted octanol–water partition coefficient (Wildman–Crippen LogP) is 2.58. The van der Waals surface area contributed by atoms with E-state index in [1.165, 1.54) is 0 Å². The van der Waals surface area contributed by atoms with E-state index in [2.05, 4.69) is 15.6 Å². The molecule has 0 bridgehead atoms. The van der Waals surface area contributed by atoms with Crippen molar-refractivity contribution in [2.24, 2.45) is 0 Å². The van der Waals surface area contributed by atoms with Gasteiger partial charge in [0.2, 0.25) is 5.91 Å². The molecule has 2 fully saturated rings. The number of hydrogen-bond acceptors (Lipinski definition) is 6. The van der Waals surface area contributed by atoms with Crippen LogP contribution in [0.4, 0.5) is 5.69 Å². The van der Waals surface area contributed by atoms with Gasteiger partial charge in [0.05, 0.1) is 42.9 Å². The summed E-state index contributed by atoms with van der Waals surface area (Å²) in [6, 6.07) is 7.62. The summed E-state index contributed by atoms with van der Waals surface area (Å²) in [5.74, 6) is 1.68. The van der Waals surface area contributed by atoms with Gasteiger partial charge in [-0.05, 0) is 50.8 Å². The quantitative estimate of drug-likeness (QED) is 0.676. The van der Waals surface area contributed by atoms with Gasteiger partial charge in [-0.25, -0.2) is 0 Å². The second-order valence-electron chi connectivity index (χ2n) is 8.16. The molecule has 1 spiro atoms. The van der Waals surface area contributed by atoms with E-state index in [9.17, 15) is 4.79 Å². The Morgan fingerprint density at radius 1 is 1.33 bits per heavy atom. The SMILES string of the molecule is COc1cccc(CC2NC3(CC3)N(c3cnn(Cc4c(C)noc4C)c3)C2=O)c1. The lowest BCUT2D eigenvalue weighted by Crippen LogP contribution is -2.39. The van der Waals surface area contributed by atoms with Crippen LogP contribution in [0.5, 0.6) is 5.75 Å². The molecule has 1 aromatic carbocycles. The van der Waals surface area contributed by atoms with Gasteiger partial charge in [0.15, 0.2) is 0 Å². The zero-order chi connectivity index (χ0) is 20.9. The third kappa shape index (κ3) is 3.17. The van der Waals surface area contributed by atoms with Crippen LogP contribution < -0.4 is 15.0 Å². The minimum absolute atomic E-state index is 0.0900. The molecule has 8 heteroatoms. The highest BCUT2D eigenvalue weighted by atomic mass is 16.5. The predicted molar refractivity (Wildman–Crippen MR) is 110 cm³/mol. The van der Waals surface area contributed by atoms with E-state index in [4.69, 9.17) is 9.26 Å². The lowest BCUT2D eigenvalue weighted by molar-refractivity contribution is -0.118. The number of nitrogens with zero attached hydrogens (tertiary/aromatic N) is 4. The second kappa shape index (κ2) is 6.98. The third-order valence-corrected chi connectivity index (χ3v) is 6.07. The van der Waals surface area contributed by atoms with E-state index >= 15 is 0 Å². The van der Waals surface area contributed by atoms with E-state index < -0.39 is 0 Å². The summed E-state index contributed by atoms with van der Waals surface area (Å²) in [7, 11) is 1.65. The van der Waals surface area contributed by atoms with E-state index in [0.29, 0.717) is 13.0 Å². The molecule has 1 unspecified atom stereocenters. The molecule has 3 heterocycles. The average Bonchev–Trinajstić information content (AvgIpc) is 3.11. The van der Waals surface area contributed by atoms with Crippen LogP contribution in [0.3, 0.4) is 0 Å². The van der Waals surface area contributed by atoms with Crippen molar-refractivity contribution < 1.29 is 14.1 Å². The Bertz CT molecular complexity index is 1080. The molecule has 1 saturated carbocycles. The summed E-state index contributed by atoms with van der Waals surface area (Å²) in [4.78, 5) is 15.2. The van der Waals surface area contributed by atoms with Crippen molar-refractivity contribution in [3.8, 4) is 5.75 Å². The van der Waals surface area contributed by atoms with Gasteiger partial charge in [0, 0.05) is 11.8 Å². The molecule has 2 aliphatic rings. The number of ether oxygens (including phenoxy) is 1. The van der Waals surface area contributed by atoms with Crippen LogP contribution in [0.15, 0.2) is 41.2 Å². The highest BCUT2D eigenvalue weighted by molar-refractivity contribution is 6.01. The molecule has 2 aromatic heterocycles. The van der Waals surface area contributed by atoms with Crippen LogP contribution in [0.1, 0.15) is 35.4 Å². The number of hydrogen-bond donors (Lipinski definition) is 1. The Morgan fingerprint density at radius 2 is 2.17 bits per heavy atom. The molecule has 1 amide bonds. The molecule has 3 aromatic rings. The molecule has 30 heavy (non-hydrogen) atoms. The van der Waals surface area contributed by atoms with E-state index in [1.54, 1.807) is 13.3 Å². The maximum atomic E-state index is 13.3. The van der Waals surface area contributed by atoms with E-state index in [-0.39, 0.29) is 17.6 Å². The first-order valence-corrected chi connectivity index (χ1v) is 10.2. The number of nitrogens with one attached hydrogen (secondary N) is 1. The maximum Gasteiger partial charge on any atom is 0.246 e. The van der Waals surface area contributed by atoms with Gasteiger partial charge in [0.25, 0.3) is 0 Å². The number of aromatic nitrogens is 3. The van der Waals surface area contributed by atoms with Crippen LogP contribution in [0.25, 0.3) is 0 Å². The van der Waals surface area contributed by atoms with Crippen LogP contribution >= 0.6 is 0 Å². The minimum atomic E-state index is -0.280. The zero-order valence-corrected chi connectivity index (χ0v) is 17.4. The summed E-state index contributed by atoms with van der Waals surface area (Å²) in [6.45, 7) is 4.39. The van der Waals surface area contributed by atoms with Gasteiger partial charge in [-0.15, -0.1) is 0 Å². The van der Waals surface area contributed by atoms with Gasteiger partial charge >= 0.3 is 0 Å². The Morgan fingerprint density at radius 3 is 2.87 bits per heavy atom. The van der Waals surface area contributed by atoms with Gasteiger partial charge in [-0.2, -0.15) is 5.10 Å². The molecule has 1 atom stereocenters. The molecule has 5 rings (SSSR count). The van der Waals surface area contributed by atoms with Crippen molar-refractivity contribution in [2.75, 3.05) is 12.0 Å². The molecule has 0 radical (unpaired) electrons. The summed E-state index contributed by atoms with van der Waals surface area (Å²) in [6.07, 6.45) is 6.22. The first kappa shape index (κ1) is 18.9. The Kier molecular flexibility index (Phi) is 4.39. The zero-order valence-electron chi connectivity index (χ0n) is 17.4. The summed E-state index contributed by atoms with van der Waals surface area (Å²) >= 11 is 0. The van der Waals surface area contributed by atoms with Crippen molar-refractivity contribution in [2.45, 2.75) is 51.4 Å². The lowest BCUT2D eigenvalue weighted by Gasteiger charge is -2.21. The van der Waals surface area contributed by atoms with Gasteiger partial charge in [-0.3, -0.25) is 19.7 Å². The number of benzene rings is 1. The highest BCUT2D eigenvalue weighted by Crippen LogP contribution is 2.46. The smallest absolute Gasteiger partial charge is 0.246 e. The second-order valence-corrected chi connectivity index (χ2v) is 8.16. The van der Waals surface area contributed by atoms with Crippen molar-refractivity contribution in [3.63, 3.8) is 0 Å². The number of aryl methyl sites for hydroxylation is 2. The molecule has 1 N–H and O–H groups in total. The molecular formula is C22H25N5O3. The monoisotopic (exact) mass is 407 g/mol. The Hall–Kier alpha value is -3.13. The van der Waals surface area contributed by atoms with Crippen molar-refractivity contribution >= 4 is 11.6 Å². The summed E-state index contributed by atoms with van der Waals surface area (Å²) in [5, 5.41) is 12.1. The fourth-order valence-corrected chi connectivity index (χ4v) is 4.30. The van der Waals surface area contributed by atoms with E-state index in [1.807, 2.05) is 53.9 Å². The first-order valence-electron chi connectivity index (χ1n) is 10.2. The molecule has 1 saturated heterocycles. The molecule has 156 valence electrons. The van der Waals surface area contributed by atoms with Crippen molar-refractivity contribution in [1.82, 2.24) is 20.3 Å². The standard InChI is InChI=1S/C22H25N5O3/c1-14-19(15(2)30-25-14)13-26-12-17(11-23-26)27-21(28)20(24-22(27)7-8-22)10-16-5-4-6-18(9-16)29-3/h4-6,9,11-12,20,24H,7-8,10,13H2,1-3H3. The Balaban J connectivity index is 1.36. The maximum absolute atomic E-state index is 13.3. The average molecular weight is 407 g/mol. The number of methoxy groups -OCH3 is 1. The van der Waals surface area contributed by atoms with Crippen LogP contribution in [-0.4, -0.2) is 39.7 Å². The number of anilines is 1. The first-order chi connectivity index (χ1) is 14.5. The number of amides is 1. The van der Waals surface area contributed by atoms with Crippen LogP contribution in [-0.2, 0) is 17.8 Å². The molecule has 1 aliphatic heterocycles. The summed E-state index contributed by atoms with van der Waals surface area (Å²) in [5.41, 5.74) is 3.50. The van der Waals surface area contributed by atoms with Crippen molar-refractivity contribution in [3.05, 3.63) is 59.2 Å². The number of carbonyl (C=O) groups excluding carboxylic acids is 1. The van der Waals surface area contributed by atoms with Crippen molar-refractivity contribution in [1.29, 1.82) is 0 Å². The topological polar surface area (TPSA) is 85.4 Å². The van der Waals surface area contributed by atoms with E-state index in [0.717, 1.165) is 46.9 Å². The van der Waals surface area contributed by atoms with Gasteiger partial charge in [-0.1, -0.05) is 17.3 Å². The lowest BCUT2D eigenvalue weighted by atomic mass is 10.1.